The van der Waals surface area contributed by atoms with Crippen molar-refractivity contribution in [3.63, 3.8) is 0 Å². The van der Waals surface area contributed by atoms with E-state index in [-0.39, 0.29) is 29.0 Å². The van der Waals surface area contributed by atoms with Gasteiger partial charge >= 0.3 is 0 Å². The van der Waals surface area contributed by atoms with E-state index in [1.165, 1.54) is 7.11 Å². The van der Waals surface area contributed by atoms with Gasteiger partial charge in [0.05, 0.1) is 35.7 Å². The summed E-state index contributed by atoms with van der Waals surface area (Å²) in [5, 5.41) is 31.9. The molecule has 0 bridgehead atoms. The van der Waals surface area contributed by atoms with E-state index in [9.17, 15) is 24.9 Å². The molecule has 1 aromatic rings. The lowest BCUT2D eigenvalue weighted by atomic mass is 9.68. The number of aliphatic hydroxyl groups is 1. The Morgan fingerprint density at radius 3 is 2.46 bits per heavy atom. The highest BCUT2D eigenvalue weighted by Crippen LogP contribution is 2.49. The van der Waals surface area contributed by atoms with Gasteiger partial charge in [0.1, 0.15) is 17.3 Å². The van der Waals surface area contributed by atoms with Crippen molar-refractivity contribution in [2.24, 2.45) is 11.8 Å². The summed E-state index contributed by atoms with van der Waals surface area (Å²) in [4.78, 5) is 26.2. The van der Waals surface area contributed by atoms with Crippen LogP contribution in [0.5, 0.6) is 11.5 Å². The molecule has 6 heteroatoms. The minimum Gasteiger partial charge on any atom is -0.507 e. The highest BCUT2D eigenvalue weighted by atomic mass is 16.5. The highest BCUT2D eigenvalue weighted by molar-refractivity contribution is 6.20. The van der Waals surface area contributed by atoms with Crippen molar-refractivity contribution in [3.8, 4) is 11.5 Å². The number of aromatic hydroxyl groups is 2. The minimum atomic E-state index is -1.04. The molecule has 0 radical (unpaired) electrons. The molecule has 3 N–H and O–H groups in total. The third kappa shape index (κ3) is 2.15. The lowest BCUT2D eigenvalue weighted by molar-refractivity contribution is 0.0445. The first kappa shape index (κ1) is 16.8. The molecule has 0 fully saturated rings. The van der Waals surface area contributed by atoms with Crippen molar-refractivity contribution < 1.29 is 29.6 Å². The molecule has 3 atom stereocenters. The molecule has 0 aromatic heterocycles. The first-order chi connectivity index (χ1) is 12.3. The predicted molar refractivity (Wildman–Crippen MR) is 92.3 cm³/mol. The molecule has 26 heavy (non-hydrogen) atoms. The van der Waals surface area contributed by atoms with Gasteiger partial charge in [-0.05, 0) is 25.8 Å². The van der Waals surface area contributed by atoms with Crippen LogP contribution in [0.15, 0.2) is 24.0 Å². The number of phenolic OH excluding ortho intramolecular Hbond substituents is 2. The number of ether oxygens (including phenoxy) is 1. The van der Waals surface area contributed by atoms with Gasteiger partial charge in [-0.25, -0.2) is 0 Å². The summed E-state index contributed by atoms with van der Waals surface area (Å²) in [6.45, 7) is 1.65. The Balaban J connectivity index is 1.97. The van der Waals surface area contributed by atoms with Gasteiger partial charge in [0.2, 0.25) is 0 Å². The number of carbonyl (C=O) groups excluding carboxylic acids is 2. The van der Waals surface area contributed by atoms with Crippen LogP contribution in [0.25, 0.3) is 0 Å². The number of rotatable bonds is 1. The summed E-state index contributed by atoms with van der Waals surface area (Å²) >= 11 is 0. The Kier molecular flexibility index (Phi) is 3.53. The van der Waals surface area contributed by atoms with E-state index in [2.05, 4.69) is 0 Å². The van der Waals surface area contributed by atoms with E-state index in [4.69, 9.17) is 4.74 Å². The van der Waals surface area contributed by atoms with E-state index >= 15 is 0 Å². The second-order valence-corrected chi connectivity index (χ2v) is 7.47. The van der Waals surface area contributed by atoms with Crippen LogP contribution in [-0.2, 0) is 17.6 Å². The van der Waals surface area contributed by atoms with Gasteiger partial charge in [0.25, 0.3) is 0 Å². The van der Waals surface area contributed by atoms with E-state index < -0.39 is 29.0 Å². The summed E-state index contributed by atoms with van der Waals surface area (Å²) < 4.78 is 5.26. The van der Waals surface area contributed by atoms with Crippen molar-refractivity contribution in [2.45, 2.75) is 31.8 Å². The third-order valence-corrected chi connectivity index (χ3v) is 5.69. The SMILES string of the molecule is COC1=CC=CC2C(=O)c3c(O)c4c(c(O)c3C(=O)C12)CC[C@@](C)(O)C4. The number of carbonyl (C=O) groups is 2. The zero-order valence-corrected chi connectivity index (χ0v) is 14.6. The molecule has 0 heterocycles. The molecule has 0 amide bonds. The van der Waals surface area contributed by atoms with Gasteiger partial charge in [-0.15, -0.1) is 0 Å². The monoisotopic (exact) mass is 356 g/mol. The van der Waals surface area contributed by atoms with Gasteiger partial charge in [0, 0.05) is 17.5 Å². The number of fused-ring (bicyclic) bond motifs is 3. The van der Waals surface area contributed by atoms with Crippen molar-refractivity contribution >= 4 is 11.6 Å². The second kappa shape index (κ2) is 5.45. The summed E-state index contributed by atoms with van der Waals surface area (Å²) in [6.07, 6.45) is 5.72. The van der Waals surface area contributed by atoms with E-state index in [0.29, 0.717) is 29.7 Å². The normalized spacial score (nSPS) is 29.6. The summed E-state index contributed by atoms with van der Waals surface area (Å²) in [6, 6.07) is 0. The van der Waals surface area contributed by atoms with Crippen LogP contribution in [0, 0.1) is 11.8 Å². The van der Waals surface area contributed by atoms with Gasteiger partial charge in [-0.2, -0.15) is 0 Å². The maximum absolute atomic E-state index is 13.1. The number of phenols is 2. The molecule has 0 spiro atoms. The lowest BCUT2D eigenvalue weighted by Gasteiger charge is -2.36. The van der Waals surface area contributed by atoms with E-state index in [1.807, 2.05) is 0 Å². The number of benzene rings is 1. The van der Waals surface area contributed by atoms with Gasteiger partial charge in [-0.1, -0.05) is 12.2 Å². The molecule has 2 unspecified atom stereocenters. The van der Waals surface area contributed by atoms with Gasteiger partial charge in [-0.3, -0.25) is 9.59 Å². The van der Waals surface area contributed by atoms with Gasteiger partial charge in [0.15, 0.2) is 11.6 Å². The number of allylic oxidation sites excluding steroid dienone is 4. The fourth-order valence-corrected chi connectivity index (χ4v) is 4.34. The number of hydrogen-bond acceptors (Lipinski definition) is 6. The maximum Gasteiger partial charge on any atom is 0.179 e. The van der Waals surface area contributed by atoms with Gasteiger partial charge < -0.3 is 20.1 Å². The van der Waals surface area contributed by atoms with Crippen LogP contribution < -0.4 is 0 Å². The molecule has 1 aromatic carbocycles. The summed E-state index contributed by atoms with van der Waals surface area (Å²) in [5.41, 5.74) is -0.535. The largest absolute Gasteiger partial charge is 0.507 e. The molecular weight excluding hydrogens is 336 g/mol. The molecule has 6 nitrogen and oxygen atoms in total. The Labute approximate surface area is 150 Å². The van der Waals surface area contributed by atoms with Crippen molar-refractivity contribution in [1.29, 1.82) is 0 Å². The molecular formula is C20H20O6. The third-order valence-electron chi connectivity index (χ3n) is 5.69. The quantitative estimate of drug-likeness (QED) is 0.665. The van der Waals surface area contributed by atoms with Crippen LogP contribution in [0.4, 0.5) is 0 Å². The Morgan fingerprint density at radius 2 is 1.77 bits per heavy atom. The summed E-state index contributed by atoms with van der Waals surface area (Å²) in [7, 11) is 1.43. The fraction of sp³-hybridized carbons (Fsp3) is 0.400. The number of Topliss-reactive ketones (excluding diaryl/α,β-unsaturated/α-hetero) is 2. The number of hydrogen-bond donors (Lipinski definition) is 3. The average molecular weight is 356 g/mol. The number of ketones is 2. The highest BCUT2D eigenvalue weighted by Gasteiger charge is 2.48. The lowest BCUT2D eigenvalue weighted by Crippen LogP contribution is -2.39. The van der Waals surface area contributed by atoms with Crippen molar-refractivity contribution in [3.05, 3.63) is 46.2 Å². The average Bonchev–Trinajstić information content (AvgIpc) is 2.61. The first-order valence-electron chi connectivity index (χ1n) is 8.59. The molecule has 0 saturated heterocycles. The van der Waals surface area contributed by atoms with Crippen LogP contribution in [0.3, 0.4) is 0 Å². The molecule has 136 valence electrons. The topological polar surface area (TPSA) is 104 Å². The van der Waals surface area contributed by atoms with Crippen LogP contribution in [0.2, 0.25) is 0 Å². The van der Waals surface area contributed by atoms with Crippen molar-refractivity contribution in [1.82, 2.24) is 0 Å². The van der Waals surface area contributed by atoms with Crippen molar-refractivity contribution in [2.75, 3.05) is 7.11 Å². The zero-order valence-electron chi connectivity index (χ0n) is 14.6. The van der Waals surface area contributed by atoms with Crippen LogP contribution >= 0.6 is 0 Å². The van der Waals surface area contributed by atoms with Crippen LogP contribution in [0.1, 0.15) is 45.2 Å². The molecule has 3 aliphatic carbocycles. The number of methoxy groups -OCH3 is 1. The second-order valence-electron chi connectivity index (χ2n) is 7.47. The maximum atomic E-state index is 13.1. The zero-order chi connectivity index (χ0) is 18.8. The van der Waals surface area contributed by atoms with Crippen LogP contribution in [-0.4, -0.2) is 39.6 Å². The molecule has 0 saturated carbocycles. The molecule has 0 aliphatic heterocycles. The molecule has 4 rings (SSSR count). The predicted octanol–water partition coefficient (Wildman–Crippen LogP) is 2.05. The molecule has 3 aliphatic rings. The Hall–Kier alpha value is -2.60. The Bertz CT molecular complexity index is 906. The fourth-order valence-electron chi connectivity index (χ4n) is 4.34. The van der Waals surface area contributed by atoms with E-state index in [0.717, 1.165) is 0 Å². The smallest absolute Gasteiger partial charge is 0.179 e. The van der Waals surface area contributed by atoms with E-state index in [1.54, 1.807) is 25.2 Å². The first-order valence-corrected chi connectivity index (χ1v) is 8.59. The minimum absolute atomic E-state index is 0.115. The summed E-state index contributed by atoms with van der Waals surface area (Å²) in [5.74, 6) is -2.67. The standard InChI is InChI=1S/C20H20O6/c1-20(25)7-6-9-11(8-20)18(23)14-15(16(9)21)19(24)13-10(17(14)22)4-3-5-12(13)26-2/h3-5,10,13,21,23,25H,6-8H2,1-2H3/t10?,13?,20-/m1/s1. The Morgan fingerprint density at radius 1 is 1.12 bits per heavy atom.